The third-order valence-corrected chi connectivity index (χ3v) is 3.14. The zero-order chi connectivity index (χ0) is 18.7. The van der Waals surface area contributed by atoms with E-state index in [1.54, 1.807) is 12.1 Å². The molecule has 1 heterocycles. The number of rotatable bonds is 5. The van der Waals surface area contributed by atoms with Gasteiger partial charge < -0.3 is 9.84 Å². The van der Waals surface area contributed by atoms with Gasteiger partial charge in [0.1, 0.15) is 5.75 Å². The predicted octanol–water partition coefficient (Wildman–Crippen LogP) is 0.750. The predicted molar refractivity (Wildman–Crippen MR) is 84.6 cm³/mol. The van der Waals surface area contributed by atoms with Gasteiger partial charge in [0.2, 0.25) is 11.0 Å². The van der Waals surface area contributed by atoms with Gasteiger partial charge in [0.05, 0.1) is 21.5 Å². The highest BCUT2D eigenvalue weighted by atomic mass is 16.6. The topological polar surface area (TPSA) is 151 Å². The van der Waals surface area contributed by atoms with Gasteiger partial charge in [-0.2, -0.15) is 0 Å². The molecule has 0 aliphatic carbocycles. The second-order valence-corrected chi connectivity index (χ2v) is 5.02. The second-order valence-electron chi connectivity index (χ2n) is 5.02. The van der Waals surface area contributed by atoms with Gasteiger partial charge in [-0.25, -0.2) is 9.32 Å². The van der Waals surface area contributed by atoms with E-state index in [0.717, 1.165) is 4.80 Å². The molecule has 0 bridgehead atoms. The summed E-state index contributed by atoms with van der Waals surface area (Å²) in [6.07, 6.45) is 0. The third-order valence-electron chi connectivity index (χ3n) is 3.14. The number of nitrogens with one attached hydrogen (secondary N) is 1. The summed E-state index contributed by atoms with van der Waals surface area (Å²) in [6.45, 7) is 1.33. The van der Waals surface area contributed by atoms with Crippen LogP contribution in [0.25, 0.3) is 5.69 Å². The Kier molecular flexibility index (Phi) is 4.43. The number of H-pyrrole nitrogens is 1. The Morgan fingerprint density at radius 3 is 2.62 bits per heavy atom. The number of benzene rings is 2. The smallest absolute Gasteiger partial charge is 0.493 e. The fourth-order valence-electron chi connectivity index (χ4n) is 2.08. The van der Waals surface area contributed by atoms with E-state index in [2.05, 4.69) is 19.9 Å². The fraction of sp³-hybridized carbons (Fsp3) is 0.0667. The fourth-order valence-corrected chi connectivity index (χ4v) is 2.08. The molecule has 0 amide bonds. The van der Waals surface area contributed by atoms with E-state index in [4.69, 9.17) is 4.74 Å². The molecule has 11 nitrogen and oxygen atoms in total. The van der Waals surface area contributed by atoms with Crippen LogP contribution in [0.3, 0.4) is 0 Å². The van der Waals surface area contributed by atoms with E-state index in [1.165, 1.54) is 37.3 Å². The first-order chi connectivity index (χ1) is 12.4. The summed E-state index contributed by atoms with van der Waals surface area (Å²) in [5.74, 6) is -0.829. The van der Waals surface area contributed by atoms with Crippen molar-refractivity contribution < 1.29 is 24.1 Å². The van der Waals surface area contributed by atoms with Crippen molar-refractivity contribution in [3.05, 3.63) is 63.1 Å². The van der Waals surface area contributed by atoms with Crippen molar-refractivity contribution in [1.29, 1.82) is 0 Å². The maximum Gasteiger partial charge on any atom is 0.493 e. The van der Waals surface area contributed by atoms with Crippen LogP contribution in [-0.2, 0) is 0 Å². The maximum atomic E-state index is 11.3. The van der Waals surface area contributed by atoms with Crippen LogP contribution in [-0.4, -0.2) is 21.2 Å². The molecule has 2 aromatic carbocycles. The molecule has 26 heavy (non-hydrogen) atoms. The van der Waals surface area contributed by atoms with Crippen LogP contribution in [0.1, 0.15) is 6.92 Å². The molecule has 0 spiro atoms. The Hall–Kier alpha value is -4.02. The molecule has 0 aliphatic heterocycles. The highest BCUT2D eigenvalue weighted by Crippen LogP contribution is 2.32. The first kappa shape index (κ1) is 16.8. The lowest BCUT2D eigenvalue weighted by Gasteiger charge is -2.07. The molecular weight excluding hydrogens is 346 g/mol. The number of nitrogens with zero attached hydrogens (tertiary/aromatic N) is 4. The maximum absolute atomic E-state index is 11.3. The zero-order valence-electron chi connectivity index (χ0n) is 13.3. The largest absolute Gasteiger partial charge is 0.862 e. The molecule has 0 fully saturated rings. The number of ether oxygens (including phenoxy) is 1. The number of nitro groups is 1. The number of aliphatic imine (C=N–C) groups is 1. The summed E-state index contributed by atoms with van der Waals surface area (Å²) in [5, 5.41) is 27.9. The molecule has 0 atom stereocenters. The average Bonchev–Trinajstić information content (AvgIpc) is 3.03. The number of aromatic nitrogens is 3. The summed E-state index contributed by atoms with van der Waals surface area (Å²) in [5.41, 5.74) is 0.322. The Morgan fingerprint density at radius 1 is 1.31 bits per heavy atom. The van der Waals surface area contributed by atoms with E-state index in [9.17, 15) is 20.0 Å². The summed E-state index contributed by atoms with van der Waals surface area (Å²) in [4.78, 5) is 26.4. The normalized spacial score (nSPS) is 11.3. The minimum absolute atomic E-state index is 0.0125. The Bertz CT molecular complexity index is 1030. The quantitative estimate of drug-likeness (QED) is 0.233. The lowest BCUT2D eigenvalue weighted by atomic mass is 10.2. The van der Waals surface area contributed by atoms with Crippen molar-refractivity contribution in [3.8, 4) is 17.2 Å². The van der Waals surface area contributed by atoms with Crippen molar-refractivity contribution in [2.24, 2.45) is 4.99 Å². The lowest BCUT2D eigenvalue weighted by molar-refractivity contribution is -0.725. The molecule has 132 valence electrons. The van der Waals surface area contributed by atoms with Crippen molar-refractivity contribution >= 4 is 17.3 Å². The highest BCUT2D eigenvalue weighted by molar-refractivity contribution is 5.72. The molecule has 0 saturated carbocycles. The van der Waals surface area contributed by atoms with Gasteiger partial charge in [-0.1, -0.05) is 5.10 Å². The van der Waals surface area contributed by atoms with Crippen LogP contribution >= 0.6 is 0 Å². The monoisotopic (exact) mass is 357 g/mol. The number of aromatic amines is 1. The molecular formula is C15H11N5O6. The Morgan fingerprint density at radius 2 is 2.04 bits per heavy atom. The summed E-state index contributed by atoms with van der Waals surface area (Å²) < 4.78 is 9.89. The van der Waals surface area contributed by atoms with Gasteiger partial charge in [-0.3, -0.25) is 15.1 Å². The first-order valence-electron chi connectivity index (χ1n) is 7.20. The molecule has 3 aromatic rings. The van der Waals surface area contributed by atoms with Crippen LogP contribution in [0, 0.1) is 10.1 Å². The minimum atomic E-state index is -0.802. The zero-order valence-corrected chi connectivity index (χ0v) is 13.3. The number of hydrogen-bond acceptors (Lipinski definition) is 8. The van der Waals surface area contributed by atoms with Crippen molar-refractivity contribution in [2.45, 2.75) is 6.92 Å². The van der Waals surface area contributed by atoms with Gasteiger partial charge >= 0.3 is 11.4 Å². The molecule has 0 aliphatic rings. The van der Waals surface area contributed by atoms with Gasteiger partial charge in [0.25, 0.3) is 5.69 Å². The van der Waals surface area contributed by atoms with Crippen molar-refractivity contribution in [2.75, 3.05) is 0 Å². The SMILES string of the molecule is CC([O-])=Nc1ccc(Oc2ccc(-[n+]3noc(=O)[nH]3)cc2[N+](=O)[O-])cc1. The average molecular weight is 357 g/mol. The van der Waals surface area contributed by atoms with Crippen molar-refractivity contribution in [3.63, 3.8) is 0 Å². The Balaban J connectivity index is 1.91. The number of nitro benzene ring substituents is 1. The van der Waals surface area contributed by atoms with Crippen LogP contribution in [0.15, 0.2) is 56.8 Å². The molecule has 1 aromatic heterocycles. The minimum Gasteiger partial charge on any atom is -0.862 e. The van der Waals surface area contributed by atoms with Crippen LogP contribution in [0.5, 0.6) is 11.5 Å². The van der Waals surface area contributed by atoms with E-state index >= 15 is 0 Å². The third kappa shape index (κ3) is 3.72. The van der Waals surface area contributed by atoms with Gasteiger partial charge in [0, 0.05) is 6.07 Å². The van der Waals surface area contributed by atoms with Crippen LogP contribution in [0.2, 0.25) is 0 Å². The first-order valence-corrected chi connectivity index (χ1v) is 7.20. The molecule has 0 radical (unpaired) electrons. The molecule has 0 saturated heterocycles. The van der Waals surface area contributed by atoms with E-state index in [-0.39, 0.29) is 23.0 Å². The standard InChI is InChI=1S/C15H11N5O6/c1-9(21)16-10-2-5-12(6-3-10)25-14-7-4-11(8-13(14)20(23)24)19-17-15(22)26-18-19/h2-8H,1H3,(H-,16,17,18,21,22). The molecule has 0 unspecified atom stereocenters. The highest BCUT2D eigenvalue weighted by Gasteiger charge is 2.23. The van der Waals surface area contributed by atoms with E-state index < -0.39 is 10.7 Å². The van der Waals surface area contributed by atoms with E-state index in [0.29, 0.717) is 11.4 Å². The molecule has 11 heteroatoms. The summed E-state index contributed by atoms with van der Waals surface area (Å²) in [6, 6.07) is 10.2. The summed E-state index contributed by atoms with van der Waals surface area (Å²) >= 11 is 0. The van der Waals surface area contributed by atoms with Crippen LogP contribution in [0.4, 0.5) is 11.4 Å². The van der Waals surface area contributed by atoms with Crippen LogP contribution < -0.4 is 20.4 Å². The van der Waals surface area contributed by atoms with Gasteiger partial charge in [0.15, 0.2) is 0 Å². The van der Waals surface area contributed by atoms with E-state index in [1.807, 2.05) is 0 Å². The van der Waals surface area contributed by atoms with Gasteiger partial charge in [-0.05, 0) is 43.2 Å². The second kappa shape index (κ2) is 6.84. The van der Waals surface area contributed by atoms with Gasteiger partial charge in [-0.15, -0.1) is 0 Å². The molecule has 1 N–H and O–H groups in total. The lowest BCUT2D eigenvalue weighted by Crippen LogP contribution is -2.37. The Labute approximate surface area is 144 Å². The van der Waals surface area contributed by atoms with Crippen molar-refractivity contribution in [1.82, 2.24) is 10.4 Å². The molecule has 3 rings (SSSR count). The number of hydrogen-bond donors (Lipinski definition) is 1. The summed E-state index contributed by atoms with van der Waals surface area (Å²) in [7, 11) is 0.